The van der Waals surface area contributed by atoms with E-state index in [1.54, 1.807) is 12.4 Å². The highest BCUT2D eigenvalue weighted by Crippen LogP contribution is 2.37. The van der Waals surface area contributed by atoms with Crippen molar-refractivity contribution in [2.75, 3.05) is 26.4 Å². The molecule has 1 fully saturated rings. The molecule has 4 rings (SSSR count). The number of aliphatic imine (C=N–C) groups is 2. The molecule has 1 aliphatic heterocycles. The van der Waals surface area contributed by atoms with Gasteiger partial charge in [-0.3, -0.25) is 9.98 Å². The van der Waals surface area contributed by atoms with E-state index in [1.807, 2.05) is 24.3 Å². The zero-order valence-electron chi connectivity index (χ0n) is 24.3. The van der Waals surface area contributed by atoms with Crippen LogP contribution in [0.25, 0.3) is 0 Å². The summed E-state index contributed by atoms with van der Waals surface area (Å²) < 4.78 is 17.6. The van der Waals surface area contributed by atoms with Crippen LogP contribution >= 0.6 is 0 Å². The molecule has 212 valence electrons. The van der Waals surface area contributed by atoms with Gasteiger partial charge in [-0.2, -0.15) is 0 Å². The number of ether oxygens (including phenoxy) is 3. The predicted molar refractivity (Wildman–Crippen MR) is 157 cm³/mol. The van der Waals surface area contributed by atoms with Gasteiger partial charge in [0.15, 0.2) is 23.0 Å². The molecule has 0 radical (unpaired) electrons. The summed E-state index contributed by atoms with van der Waals surface area (Å²) >= 11 is 0. The molecule has 2 N–H and O–H groups in total. The Bertz CT molecular complexity index is 1110. The Morgan fingerprint density at radius 3 is 1.44 bits per heavy atom. The number of hydrogen-bond donors (Lipinski definition) is 2. The fourth-order valence-electron chi connectivity index (χ4n) is 4.86. The zero-order valence-corrected chi connectivity index (χ0v) is 24.3. The first kappa shape index (κ1) is 28.9. The molecule has 1 aliphatic carbocycles. The number of fused-ring (bicyclic) bond motifs is 5. The van der Waals surface area contributed by atoms with Gasteiger partial charge in [0.1, 0.15) is 13.2 Å². The van der Waals surface area contributed by atoms with E-state index in [0.29, 0.717) is 35.8 Å². The zero-order chi connectivity index (χ0) is 28.2. The number of phenolic OH excluding ortho intramolecular Hbond substituents is 2. The number of nitrogens with zero attached hydrogens (tertiary/aromatic N) is 2. The molecular formula is C32H44N2O5. The maximum absolute atomic E-state index is 11.0. The van der Waals surface area contributed by atoms with Crippen LogP contribution in [0.1, 0.15) is 89.5 Å². The van der Waals surface area contributed by atoms with Gasteiger partial charge in [-0.15, -0.1) is 0 Å². The van der Waals surface area contributed by atoms with Gasteiger partial charge in [-0.05, 0) is 59.1 Å². The summed E-state index contributed by atoms with van der Waals surface area (Å²) in [7, 11) is 0. The largest absolute Gasteiger partial charge is 0.504 e. The molecule has 1 saturated carbocycles. The van der Waals surface area contributed by atoms with Gasteiger partial charge in [0.2, 0.25) is 0 Å². The van der Waals surface area contributed by atoms with Crippen molar-refractivity contribution in [3.05, 3.63) is 46.5 Å². The summed E-state index contributed by atoms with van der Waals surface area (Å²) in [5, 5.41) is 22.1. The number of phenols is 2. The molecule has 7 nitrogen and oxygen atoms in total. The predicted octanol–water partition coefficient (Wildman–Crippen LogP) is 6.33. The fraction of sp³-hybridized carbons (Fsp3) is 0.562. The van der Waals surface area contributed by atoms with Crippen molar-refractivity contribution < 1.29 is 24.4 Å². The van der Waals surface area contributed by atoms with Crippen LogP contribution < -0.4 is 9.47 Å². The minimum absolute atomic E-state index is 0.0174. The standard InChI is InChI=1S/C32H44N2O5/c1-31(2,3)23-15-21-19-33-25-9-7-8-10-26(25)34-20-22-16-24(32(4,5)6)18-28(30(22)36)39-14-12-37-11-13-38-27(17-23)29(21)35/h15-20,25-26,35-36H,7-14H2,1-6H3/t25-,26-/m0/s1. The Labute approximate surface area is 232 Å². The Hall–Kier alpha value is -3.06. The Morgan fingerprint density at radius 1 is 0.641 bits per heavy atom. The molecule has 0 aromatic heterocycles. The maximum Gasteiger partial charge on any atom is 0.166 e. The van der Waals surface area contributed by atoms with Gasteiger partial charge in [0, 0.05) is 23.6 Å². The van der Waals surface area contributed by atoms with Crippen LogP contribution in [0.2, 0.25) is 0 Å². The number of benzene rings is 2. The number of hydrogen-bond acceptors (Lipinski definition) is 7. The third-order valence-corrected chi connectivity index (χ3v) is 7.42. The average molecular weight is 537 g/mol. The van der Waals surface area contributed by atoms with E-state index in [0.717, 1.165) is 36.8 Å². The monoisotopic (exact) mass is 536 g/mol. The Kier molecular flexibility index (Phi) is 8.90. The molecule has 1 heterocycles. The van der Waals surface area contributed by atoms with Gasteiger partial charge < -0.3 is 24.4 Å². The van der Waals surface area contributed by atoms with Crippen molar-refractivity contribution in [2.45, 2.75) is 90.1 Å². The van der Waals surface area contributed by atoms with Crippen molar-refractivity contribution in [1.29, 1.82) is 0 Å². The summed E-state index contributed by atoms with van der Waals surface area (Å²) in [6, 6.07) is 7.73. The summed E-state index contributed by atoms with van der Waals surface area (Å²) in [6.07, 6.45) is 7.54. The fourth-order valence-corrected chi connectivity index (χ4v) is 4.86. The van der Waals surface area contributed by atoms with E-state index in [-0.39, 0.29) is 47.6 Å². The van der Waals surface area contributed by atoms with Crippen LogP contribution in [-0.2, 0) is 15.6 Å². The van der Waals surface area contributed by atoms with Crippen LogP contribution in [0.4, 0.5) is 0 Å². The van der Waals surface area contributed by atoms with E-state index in [2.05, 4.69) is 41.5 Å². The second-order valence-electron chi connectivity index (χ2n) is 12.6. The van der Waals surface area contributed by atoms with E-state index >= 15 is 0 Å². The highest BCUT2D eigenvalue weighted by atomic mass is 16.5. The second-order valence-corrected chi connectivity index (χ2v) is 12.6. The maximum atomic E-state index is 11.0. The molecule has 39 heavy (non-hydrogen) atoms. The highest BCUT2D eigenvalue weighted by Gasteiger charge is 2.25. The molecular weight excluding hydrogens is 492 g/mol. The SMILES string of the molecule is CC(C)(C)c1cc2c(O)c(c1)OCCOCCOc1cc(C(C)(C)C)cc(c1O)C=N[C@H]1CCCC[C@@H]1N=C2. The van der Waals surface area contributed by atoms with Crippen molar-refractivity contribution >= 4 is 12.4 Å². The molecule has 0 unspecified atom stereocenters. The van der Waals surface area contributed by atoms with Crippen molar-refractivity contribution in [3.8, 4) is 23.0 Å². The smallest absolute Gasteiger partial charge is 0.166 e. The summed E-state index contributed by atoms with van der Waals surface area (Å²) in [5.74, 6) is 1.02. The third-order valence-electron chi connectivity index (χ3n) is 7.42. The topological polar surface area (TPSA) is 92.9 Å². The molecule has 2 aromatic rings. The molecule has 0 amide bonds. The first-order valence-electron chi connectivity index (χ1n) is 14.1. The van der Waals surface area contributed by atoms with Gasteiger partial charge >= 0.3 is 0 Å². The van der Waals surface area contributed by atoms with Gasteiger partial charge in [0.05, 0.1) is 25.3 Å². The van der Waals surface area contributed by atoms with Crippen LogP contribution in [0.5, 0.6) is 23.0 Å². The third kappa shape index (κ3) is 7.33. The normalized spacial score (nSPS) is 21.1. The van der Waals surface area contributed by atoms with Crippen LogP contribution in [-0.4, -0.2) is 61.2 Å². The van der Waals surface area contributed by atoms with Crippen LogP contribution in [0.15, 0.2) is 34.3 Å². The quantitative estimate of drug-likeness (QED) is 0.410. The van der Waals surface area contributed by atoms with Gasteiger partial charge in [-0.25, -0.2) is 0 Å². The van der Waals surface area contributed by atoms with Crippen molar-refractivity contribution in [2.24, 2.45) is 9.98 Å². The molecule has 4 bridgehead atoms. The van der Waals surface area contributed by atoms with Gasteiger partial charge in [-0.1, -0.05) is 54.4 Å². The highest BCUT2D eigenvalue weighted by molar-refractivity contribution is 5.86. The van der Waals surface area contributed by atoms with E-state index < -0.39 is 0 Å². The van der Waals surface area contributed by atoms with E-state index in [4.69, 9.17) is 24.2 Å². The van der Waals surface area contributed by atoms with Crippen molar-refractivity contribution in [3.63, 3.8) is 0 Å². The van der Waals surface area contributed by atoms with E-state index in [1.165, 1.54) is 0 Å². The molecule has 7 heteroatoms. The molecule has 2 atom stereocenters. The Morgan fingerprint density at radius 2 is 1.05 bits per heavy atom. The van der Waals surface area contributed by atoms with E-state index in [9.17, 15) is 10.2 Å². The van der Waals surface area contributed by atoms with Crippen molar-refractivity contribution in [1.82, 2.24) is 0 Å². The summed E-state index contributed by atoms with van der Waals surface area (Å²) in [4.78, 5) is 9.85. The minimum Gasteiger partial charge on any atom is -0.504 e. The lowest BCUT2D eigenvalue weighted by Crippen LogP contribution is -2.27. The molecule has 0 spiro atoms. The summed E-state index contributed by atoms with van der Waals surface area (Å²) in [6.45, 7) is 14.0. The lowest BCUT2D eigenvalue weighted by molar-refractivity contribution is 0.0750. The first-order chi connectivity index (χ1) is 18.4. The van der Waals surface area contributed by atoms with Crippen LogP contribution in [0.3, 0.4) is 0 Å². The molecule has 2 aliphatic rings. The summed E-state index contributed by atoms with van der Waals surface area (Å²) in [5.41, 5.74) is 3.13. The number of rotatable bonds is 0. The lowest BCUT2D eigenvalue weighted by atomic mass is 9.85. The van der Waals surface area contributed by atoms with Crippen LogP contribution in [0, 0.1) is 0 Å². The average Bonchev–Trinajstić information content (AvgIpc) is 2.87. The molecule has 0 saturated heterocycles. The number of aromatic hydroxyl groups is 2. The first-order valence-corrected chi connectivity index (χ1v) is 14.1. The minimum atomic E-state index is -0.128. The van der Waals surface area contributed by atoms with Gasteiger partial charge in [0.25, 0.3) is 0 Å². The molecule has 2 aromatic carbocycles. The Balaban J connectivity index is 1.74. The second kappa shape index (κ2) is 12.0. The lowest BCUT2D eigenvalue weighted by Gasteiger charge is -2.26.